The number of halogens is 1. The van der Waals surface area contributed by atoms with E-state index in [9.17, 15) is 8.42 Å². The molecule has 1 aromatic heterocycles. The normalized spacial score (nSPS) is 16.5. The summed E-state index contributed by atoms with van der Waals surface area (Å²) < 4.78 is 32.0. The van der Waals surface area contributed by atoms with Crippen LogP contribution in [0.15, 0.2) is 70.9 Å². The van der Waals surface area contributed by atoms with E-state index in [2.05, 4.69) is 15.5 Å². The molecule has 28 heavy (non-hydrogen) atoms. The van der Waals surface area contributed by atoms with Crippen LogP contribution in [0, 0.1) is 0 Å². The molecule has 0 saturated heterocycles. The summed E-state index contributed by atoms with van der Waals surface area (Å²) in [7, 11) is -2.22. The van der Waals surface area contributed by atoms with Crippen LogP contribution >= 0.6 is 11.6 Å². The molecule has 2 aromatic carbocycles. The molecule has 0 unspecified atom stereocenters. The van der Waals surface area contributed by atoms with E-state index in [4.69, 9.17) is 16.3 Å². The SMILES string of the molecule is COc1ccc(-c2c[nH]cc2S(=O)(=O)C2=NNC[C@H]2c2ccc(Cl)cc2)cc1. The minimum atomic E-state index is -3.81. The number of hydrazone groups is 1. The summed E-state index contributed by atoms with van der Waals surface area (Å²) in [6, 6.07) is 14.4. The maximum Gasteiger partial charge on any atom is 0.224 e. The number of nitrogens with one attached hydrogen (secondary N) is 2. The van der Waals surface area contributed by atoms with E-state index in [1.54, 1.807) is 37.6 Å². The molecule has 4 rings (SSSR count). The molecule has 2 heterocycles. The number of aromatic nitrogens is 1. The fourth-order valence-electron chi connectivity index (χ4n) is 3.26. The third kappa shape index (κ3) is 3.27. The van der Waals surface area contributed by atoms with Gasteiger partial charge < -0.3 is 15.1 Å². The molecule has 0 aliphatic carbocycles. The van der Waals surface area contributed by atoms with Crippen LogP contribution in [-0.4, -0.2) is 32.1 Å². The zero-order valence-corrected chi connectivity index (χ0v) is 16.6. The van der Waals surface area contributed by atoms with Gasteiger partial charge in [-0.3, -0.25) is 0 Å². The van der Waals surface area contributed by atoms with Crippen LogP contribution in [0.1, 0.15) is 11.5 Å². The van der Waals surface area contributed by atoms with Crippen molar-refractivity contribution in [2.24, 2.45) is 5.10 Å². The third-order valence-electron chi connectivity index (χ3n) is 4.73. The zero-order valence-electron chi connectivity index (χ0n) is 15.0. The van der Waals surface area contributed by atoms with Gasteiger partial charge >= 0.3 is 0 Å². The molecule has 3 aromatic rings. The Balaban J connectivity index is 1.73. The number of H-pyrrole nitrogens is 1. The van der Waals surface area contributed by atoms with Gasteiger partial charge in [-0.25, -0.2) is 8.42 Å². The van der Waals surface area contributed by atoms with Crippen molar-refractivity contribution >= 4 is 26.5 Å². The number of hydrogen-bond donors (Lipinski definition) is 2. The molecule has 0 fully saturated rings. The molecule has 8 heteroatoms. The minimum Gasteiger partial charge on any atom is -0.497 e. The fourth-order valence-corrected chi connectivity index (χ4v) is 5.08. The first-order valence-corrected chi connectivity index (χ1v) is 10.5. The molecule has 0 radical (unpaired) electrons. The molecule has 0 amide bonds. The first-order valence-electron chi connectivity index (χ1n) is 8.63. The molecule has 2 N–H and O–H groups in total. The highest BCUT2D eigenvalue weighted by Crippen LogP contribution is 2.34. The van der Waals surface area contributed by atoms with Crippen molar-refractivity contribution in [1.82, 2.24) is 10.4 Å². The van der Waals surface area contributed by atoms with Crippen LogP contribution in [-0.2, 0) is 9.84 Å². The highest BCUT2D eigenvalue weighted by Gasteiger charge is 2.36. The van der Waals surface area contributed by atoms with E-state index in [-0.39, 0.29) is 15.9 Å². The van der Waals surface area contributed by atoms with Gasteiger partial charge in [0.05, 0.1) is 17.9 Å². The molecule has 6 nitrogen and oxygen atoms in total. The summed E-state index contributed by atoms with van der Waals surface area (Å²) >= 11 is 5.96. The lowest BCUT2D eigenvalue weighted by Gasteiger charge is -2.13. The Hall–Kier alpha value is -2.77. The van der Waals surface area contributed by atoms with Crippen molar-refractivity contribution < 1.29 is 13.2 Å². The number of methoxy groups -OCH3 is 1. The lowest BCUT2D eigenvalue weighted by molar-refractivity contribution is 0.415. The lowest BCUT2D eigenvalue weighted by Crippen LogP contribution is -2.22. The molecule has 0 saturated carbocycles. The monoisotopic (exact) mass is 415 g/mol. The number of rotatable bonds is 4. The molecule has 144 valence electrons. The summed E-state index contributed by atoms with van der Waals surface area (Å²) in [6.07, 6.45) is 3.17. The molecule has 0 bridgehead atoms. The predicted molar refractivity (Wildman–Crippen MR) is 110 cm³/mol. The van der Waals surface area contributed by atoms with E-state index >= 15 is 0 Å². The Labute approximate surface area is 168 Å². The number of benzene rings is 2. The Morgan fingerprint density at radius 3 is 2.46 bits per heavy atom. The van der Waals surface area contributed by atoms with Crippen LogP contribution in [0.25, 0.3) is 11.1 Å². The summed E-state index contributed by atoms with van der Waals surface area (Å²) in [5.41, 5.74) is 5.04. The smallest absolute Gasteiger partial charge is 0.224 e. The maximum absolute atomic E-state index is 13.4. The second kappa shape index (κ2) is 7.33. The molecule has 1 atom stereocenters. The lowest BCUT2D eigenvalue weighted by atomic mass is 10.0. The van der Waals surface area contributed by atoms with Gasteiger partial charge in [0.15, 0.2) is 5.04 Å². The van der Waals surface area contributed by atoms with E-state index in [0.29, 0.717) is 22.9 Å². The van der Waals surface area contributed by atoms with Crippen LogP contribution in [0.4, 0.5) is 0 Å². The average molecular weight is 416 g/mol. The summed E-state index contributed by atoms with van der Waals surface area (Å²) in [6.45, 7) is 0.415. The molecule has 1 aliphatic rings. The van der Waals surface area contributed by atoms with Crippen molar-refractivity contribution in [3.05, 3.63) is 71.5 Å². The van der Waals surface area contributed by atoms with E-state index in [1.807, 2.05) is 24.3 Å². The van der Waals surface area contributed by atoms with Gasteiger partial charge in [-0.1, -0.05) is 35.9 Å². The Bertz CT molecular complexity index is 1120. The fraction of sp³-hybridized carbons (Fsp3) is 0.150. The van der Waals surface area contributed by atoms with Crippen molar-refractivity contribution in [2.75, 3.05) is 13.7 Å². The van der Waals surface area contributed by atoms with Crippen LogP contribution in [0.2, 0.25) is 5.02 Å². The van der Waals surface area contributed by atoms with Gasteiger partial charge in [-0.15, -0.1) is 0 Å². The van der Waals surface area contributed by atoms with Gasteiger partial charge in [-0.2, -0.15) is 5.10 Å². The quantitative estimate of drug-likeness (QED) is 0.678. The van der Waals surface area contributed by atoms with Crippen LogP contribution in [0.3, 0.4) is 0 Å². The number of sulfone groups is 1. The molecular weight excluding hydrogens is 398 g/mol. The van der Waals surface area contributed by atoms with E-state index in [0.717, 1.165) is 11.1 Å². The Kier molecular flexibility index (Phi) is 4.87. The second-order valence-electron chi connectivity index (χ2n) is 6.38. The molecule has 0 spiro atoms. The Morgan fingerprint density at radius 2 is 1.79 bits per heavy atom. The highest BCUT2D eigenvalue weighted by molar-refractivity contribution is 8.06. The van der Waals surface area contributed by atoms with Crippen molar-refractivity contribution in [3.8, 4) is 16.9 Å². The van der Waals surface area contributed by atoms with E-state index in [1.165, 1.54) is 6.20 Å². The summed E-state index contributed by atoms with van der Waals surface area (Å²) in [5, 5.41) is 4.82. The van der Waals surface area contributed by atoms with Crippen LogP contribution < -0.4 is 10.2 Å². The zero-order chi connectivity index (χ0) is 19.7. The summed E-state index contributed by atoms with van der Waals surface area (Å²) in [5.74, 6) is 0.330. The number of nitrogens with zero attached hydrogens (tertiary/aromatic N) is 1. The van der Waals surface area contributed by atoms with Gasteiger partial charge in [0.2, 0.25) is 9.84 Å². The first-order chi connectivity index (χ1) is 13.5. The number of hydrogen-bond acceptors (Lipinski definition) is 5. The highest BCUT2D eigenvalue weighted by atomic mass is 35.5. The Morgan fingerprint density at radius 1 is 1.07 bits per heavy atom. The second-order valence-corrected chi connectivity index (χ2v) is 8.68. The molecule has 1 aliphatic heterocycles. The van der Waals surface area contributed by atoms with Crippen molar-refractivity contribution in [1.29, 1.82) is 0 Å². The largest absolute Gasteiger partial charge is 0.497 e. The van der Waals surface area contributed by atoms with Crippen molar-refractivity contribution in [3.63, 3.8) is 0 Å². The van der Waals surface area contributed by atoms with Gasteiger partial charge in [0.1, 0.15) is 5.75 Å². The minimum absolute atomic E-state index is 0.101. The molecular formula is C20H18ClN3O3S. The van der Waals surface area contributed by atoms with Crippen molar-refractivity contribution in [2.45, 2.75) is 10.8 Å². The van der Waals surface area contributed by atoms with Gasteiger partial charge in [0, 0.05) is 29.5 Å². The first kappa shape index (κ1) is 18.6. The average Bonchev–Trinajstić information content (AvgIpc) is 3.39. The predicted octanol–water partition coefficient (Wildman–Crippen LogP) is 3.82. The van der Waals surface area contributed by atoms with Gasteiger partial charge in [0.25, 0.3) is 0 Å². The third-order valence-corrected chi connectivity index (χ3v) is 6.82. The summed E-state index contributed by atoms with van der Waals surface area (Å²) in [4.78, 5) is 3.11. The topological polar surface area (TPSA) is 83.6 Å². The number of ether oxygens (including phenoxy) is 1. The maximum atomic E-state index is 13.4. The van der Waals surface area contributed by atoms with Gasteiger partial charge in [-0.05, 0) is 35.4 Å². The van der Waals surface area contributed by atoms with E-state index < -0.39 is 9.84 Å². The standard InChI is InChI=1S/C20H18ClN3O3S/c1-27-16-8-4-13(5-9-16)17-10-22-12-19(17)28(25,26)20-18(11-23-24-20)14-2-6-15(21)7-3-14/h2-10,12,18,22-23H,11H2,1H3/t18-/m0/s1. The van der Waals surface area contributed by atoms with Crippen LogP contribution in [0.5, 0.6) is 5.75 Å². The number of aromatic amines is 1.